The first-order valence-corrected chi connectivity index (χ1v) is 9.53. The van der Waals surface area contributed by atoms with Crippen LogP contribution in [0.1, 0.15) is 38.1 Å². The highest BCUT2D eigenvalue weighted by molar-refractivity contribution is 7.10. The summed E-state index contributed by atoms with van der Waals surface area (Å²) in [6.07, 6.45) is 1.39. The predicted octanol–water partition coefficient (Wildman–Crippen LogP) is 2.48. The summed E-state index contributed by atoms with van der Waals surface area (Å²) in [5.41, 5.74) is 0. The fraction of sp³-hybridized carbons (Fsp3) is 0.706. The van der Waals surface area contributed by atoms with E-state index in [2.05, 4.69) is 53.8 Å². The predicted molar refractivity (Wildman–Crippen MR) is 98.3 cm³/mol. The molecule has 130 valence electrons. The molecule has 1 aromatic rings. The summed E-state index contributed by atoms with van der Waals surface area (Å²) >= 11 is 1.82. The second-order valence-electron chi connectivity index (χ2n) is 5.85. The van der Waals surface area contributed by atoms with Crippen molar-refractivity contribution in [2.24, 2.45) is 4.99 Å². The summed E-state index contributed by atoms with van der Waals surface area (Å²) in [5, 5.41) is 8.86. The molecule has 5 nitrogen and oxygen atoms in total. The molecular formula is C17H30N4OS. The van der Waals surface area contributed by atoms with Gasteiger partial charge in [0.2, 0.25) is 0 Å². The third kappa shape index (κ3) is 5.79. The largest absolute Gasteiger partial charge is 0.376 e. The van der Waals surface area contributed by atoms with Gasteiger partial charge in [0, 0.05) is 31.1 Å². The molecule has 2 rings (SSSR count). The third-order valence-electron chi connectivity index (χ3n) is 3.89. The zero-order valence-corrected chi connectivity index (χ0v) is 15.4. The molecule has 1 aliphatic heterocycles. The molecule has 1 fully saturated rings. The lowest BCUT2D eigenvalue weighted by Gasteiger charge is -2.36. The maximum atomic E-state index is 5.69. The zero-order valence-electron chi connectivity index (χ0n) is 14.5. The normalized spacial score (nSPS) is 21.2. The number of hydrogen-bond donors (Lipinski definition) is 2. The van der Waals surface area contributed by atoms with Crippen LogP contribution in [0.25, 0.3) is 0 Å². The van der Waals surface area contributed by atoms with E-state index in [9.17, 15) is 0 Å². The van der Waals surface area contributed by atoms with Crippen LogP contribution in [0.2, 0.25) is 0 Å². The van der Waals surface area contributed by atoms with E-state index in [1.54, 1.807) is 0 Å². The molecule has 0 saturated carbocycles. The van der Waals surface area contributed by atoms with Gasteiger partial charge in [0.1, 0.15) is 0 Å². The van der Waals surface area contributed by atoms with Crippen molar-refractivity contribution in [3.8, 4) is 0 Å². The molecule has 6 heteroatoms. The minimum atomic E-state index is 0.293. The highest BCUT2D eigenvalue weighted by atomic mass is 32.1. The molecule has 2 atom stereocenters. The van der Waals surface area contributed by atoms with Crippen molar-refractivity contribution in [2.45, 2.75) is 39.3 Å². The van der Waals surface area contributed by atoms with Crippen LogP contribution in [0.15, 0.2) is 22.5 Å². The number of ether oxygens (including phenoxy) is 1. The van der Waals surface area contributed by atoms with Crippen molar-refractivity contribution >= 4 is 17.3 Å². The van der Waals surface area contributed by atoms with Crippen molar-refractivity contribution in [3.05, 3.63) is 22.4 Å². The maximum Gasteiger partial charge on any atom is 0.191 e. The lowest BCUT2D eigenvalue weighted by Crippen LogP contribution is -2.44. The van der Waals surface area contributed by atoms with Gasteiger partial charge < -0.3 is 15.4 Å². The monoisotopic (exact) mass is 338 g/mol. The van der Waals surface area contributed by atoms with Gasteiger partial charge in [-0.3, -0.25) is 9.89 Å². The van der Waals surface area contributed by atoms with Gasteiger partial charge in [-0.1, -0.05) is 13.0 Å². The minimum Gasteiger partial charge on any atom is -0.376 e. The van der Waals surface area contributed by atoms with Gasteiger partial charge in [0.15, 0.2) is 5.96 Å². The van der Waals surface area contributed by atoms with Crippen molar-refractivity contribution in [1.82, 2.24) is 15.5 Å². The summed E-state index contributed by atoms with van der Waals surface area (Å²) in [6.45, 7) is 11.8. The lowest BCUT2D eigenvalue weighted by atomic mass is 10.1. The Bertz CT molecular complexity index is 463. The van der Waals surface area contributed by atoms with Crippen LogP contribution < -0.4 is 10.6 Å². The van der Waals surface area contributed by atoms with Gasteiger partial charge >= 0.3 is 0 Å². The number of morpholine rings is 1. The number of thiophene rings is 1. The van der Waals surface area contributed by atoms with Gasteiger partial charge in [0.05, 0.1) is 25.3 Å². The van der Waals surface area contributed by atoms with Crippen LogP contribution in [-0.4, -0.2) is 56.3 Å². The molecule has 1 saturated heterocycles. The van der Waals surface area contributed by atoms with E-state index in [1.807, 2.05) is 11.3 Å². The molecule has 1 aromatic heterocycles. The third-order valence-corrected chi connectivity index (χ3v) is 4.87. The van der Waals surface area contributed by atoms with Crippen LogP contribution in [-0.2, 0) is 4.74 Å². The Labute approximate surface area is 144 Å². The summed E-state index contributed by atoms with van der Waals surface area (Å²) < 4.78 is 5.69. The molecule has 0 amide bonds. The number of hydrogen-bond acceptors (Lipinski definition) is 4. The average molecular weight is 339 g/mol. The molecular weight excluding hydrogens is 308 g/mol. The first-order valence-electron chi connectivity index (χ1n) is 8.65. The number of rotatable bonds is 7. The fourth-order valence-electron chi connectivity index (χ4n) is 2.76. The molecule has 0 aromatic carbocycles. The number of aliphatic imine (C=N–C) groups is 1. The fourth-order valence-corrected chi connectivity index (χ4v) is 3.61. The van der Waals surface area contributed by atoms with E-state index in [1.165, 1.54) is 4.88 Å². The van der Waals surface area contributed by atoms with Crippen molar-refractivity contribution in [3.63, 3.8) is 0 Å². The number of guanidine groups is 1. The van der Waals surface area contributed by atoms with Crippen LogP contribution in [0, 0.1) is 0 Å². The molecule has 23 heavy (non-hydrogen) atoms. The van der Waals surface area contributed by atoms with Crippen LogP contribution in [0.5, 0.6) is 0 Å². The van der Waals surface area contributed by atoms with Crippen molar-refractivity contribution < 1.29 is 4.74 Å². The van der Waals surface area contributed by atoms with Crippen molar-refractivity contribution in [1.29, 1.82) is 0 Å². The number of nitrogens with zero attached hydrogens (tertiary/aromatic N) is 2. The highest BCUT2D eigenvalue weighted by Gasteiger charge is 2.26. The summed E-state index contributed by atoms with van der Waals surface area (Å²) in [7, 11) is 0. The van der Waals surface area contributed by atoms with Crippen LogP contribution >= 0.6 is 11.3 Å². The second-order valence-corrected chi connectivity index (χ2v) is 6.83. The molecule has 2 N–H and O–H groups in total. The van der Waals surface area contributed by atoms with E-state index < -0.39 is 0 Å². The van der Waals surface area contributed by atoms with Gasteiger partial charge in [-0.15, -0.1) is 11.3 Å². The smallest absolute Gasteiger partial charge is 0.191 e. The van der Waals surface area contributed by atoms with E-state index in [0.717, 1.165) is 51.7 Å². The molecule has 2 unspecified atom stereocenters. The molecule has 0 aliphatic carbocycles. The first kappa shape index (κ1) is 18.2. The Hall–Kier alpha value is -1.11. The Morgan fingerprint density at radius 2 is 2.35 bits per heavy atom. The van der Waals surface area contributed by atoms with Gasteiger partial charge in [-0.05, 0) is 31.7 Å². The van der Waals surface area contributed by atoms with E-state index in [0.29, 0.717) is 12.1 Å². The van der Waals surface area contributed by atoms with E-state index >= 15 is 0 Å². The Balaban J connectivity index is 2.07. The quantitative estimate of drug-likeness (QED) is 0.592. The Morgan fingerprint density at radius 3 is 3.00 bits per heavy atom. The van der Waals surface area contributed by atoms with E-state index in [4.69, 9.17) is 9.73 Å². The second kappa shape index (κ2) is 9.90. The molecule has 0 bridgehead atoms. The highest BCUT2D eigenvalue weighted by Crippen LogP contribution is 2.27. The summed E-state index contributed by atoms with van der Waals surface area (Å²) in [6, 6.07) is 4.68. The molecule has 2 heterocycles. The summed E-state index contributed by atoms with van der Waals surface area (Å²) in [4.78, 5) is 8.72. The van der Waals surface area contributed by atoms with Crippen LogP contribution in [0.4, 0.5) is 0 Å². The average Bonchev–Trinajstić information content (AvgIpc) is 3.07. The molecule has 0 radical (unpaired) electrons. The Morgan fingerprint density at radius 1 is 1.48 bits per heavy atom. The van der Waals surface area contributed by atoms with Gasteiger partial charge in [-0.25, -0.2) is 0 Å². The topological polar surface area (TPSA) is 48.9 Å². The van der Waals surface area contributed by atoms with E-state index in [-0.39, 0.29) is 0 Å². The van der Waals surface area contributed by atoms with Crippen molar-refractivity contribution in [2.75, 3.05) is 39.3 Å². The maximum absolute atomic E-state index is 5.69. The van der Waals surface area contributed by atoms with Gasteiger partial charge in [-0.2, -0.15) is 0 Å². The standard InChI is InChI=1S/C17H30N4OS/c1-4-8-19-17(18-5-2)20-12-15(16-7-6-11-23-16)21-9-10-22-14(3)13-21/h6-7,11,14-15H,4-5,8-10,12-13H2,1-3H3,(H2,18,19,20). The minimum absolute atomic E-state index is 0.293. The zero-order chi connectivity index (χ0) is 16.5. The van der Waals surface area contributed by atoms with Crippen LogP contribution in [0.3, 0.4) is 0 Å². The van der Waals surface area contributed by atoms with Gasteiger partial charge in [0.25, 0.3) is 0 Å². The SMILES string of the molecule is CCCNC(=NCC(c1cccs1)N1CCOC(C)C1)NCC. The first-order chi connectivity index (χ1) is 11.2. The summed E-state index contributed by atoms with van der Waals surface area (Å²) in [5.74, 6) is 0.914. The Kier molecular flexibility index (Phi) is 7.85. The molecule has 0 spiro atoms. The lowest BCUT2D eigenvalue weighted by molar-refractivity contribution is -0.0327. The number of nitrogens with one attached hydrogen (secondary N) is 2. The molecule has 1 aliphatic rings.